The van der Waals surface area contributed by atoms with Crippen LogP contribution in [0.4, 0.5) is 11.4 Å². The molecule has 2 heterocycles. The molecule has 1 saturated heterocycles. The second-order valence-electron chi connectivity index (χ2n) is 6.73. The molecular formula is C22H24ClN3O2. The monoisotopic (exact) mass is 397 g/mol. The van der Waals surface area contributed by atoms with Crippen LogP contribution in [-0.2, 0) is 6.54 Å². The summed E-state index contributed by atoms with van der Waals surface area (Å²) in [4.78, 5) is 16.9. The van der Waals surface area contributed by atoms with Gasteiger partial charge in [0.05, 0.1) is 6.26 Å². The number of carbonyl (C=O) groups excluding carboxylic acids is 1. The van der Waals surface area contributed by atoms with Crippen molar-refractivity contribution in [1.29, 1.82) is 0 Å². The van der Waals surface area contributed by atoms with Gasteiger partial charge >= 0.3 is 0 Å². The smallest absolute Gasteiger partial charge is 0.291 e. The minimum atomic E-state index is -0.234. The molecule has 0 spiro atoms. The molecule has 1 N–H and O–H groups in total. The van der Waals surface area contributed by atoms with Crippen LogP contribution in [0.5, 0.6) is 0 Å². The first-order valence-corrected chi connectivity index (χ1v) is 9.24. The Morgan fingerprint density at radius 2 is 1.61 bits per heavy atom. The van der Waals surface area contributed by atoms with Gasteiger partial charge in [-0.05, 0) is 42.0 Å². The van der Waals surface area contributed by atoms with Crippen LogP contribution in [0.3, 0.4) is 0 Å². The van der Waals surface area contributed by atoms with Gasteiger partial charge in [-0.2, -0.15) is 0 Å². The third-order valence-electron chi connectivity index (χ3n) is 4.86. The fourth-order valence-corrected chi connectivity index (χ4v) is 3.36. The first kappa shape index (κ1) is 20.0. The van der Waals surface area contributed by atoms with Crippen LogP contribution in [0.25, 0.3) is 0 Å². The zero-order chi connectivity index (χ0) is 18.5. The summed E-state index contributed by atoms with van der Waals surface area (Å²) in [6.07, 6.45) is 1.50. The predicted octanol–water partition coefficient (Wildman–Crippen LogP) is 4.28. The molecule has 5 nitrogen and oxygen atoms in total. The molecule has 1 fully saturated rings. The molecule has 28 heavy (non-hydrogen) atoms. The van der Waals surface area contributed by atoms with E-state index < -0.39 is 0 Å². The molecule has 1 aliphatic heterocycles. The molecule has 0 unspecified atom stereocenters. The summed E-state index contributed by atoms with van der Waals surface area (Å²) in [6.45, 7) is 5.11. The van der Waals surface area contributed by atoms with E-state index in [2.05, 4.69) is 57.6 Å². The Morgan fingerprint density at radius 3 is 2.25 bits per heavy atom. The number of carbonyl (C=O) groups is 1. The Morgan fingerprint density at radius 1 is 0.893 bits per heavy atom. The van der Waals surface area contributed by atoms with Crippen molar-refractivity contribution in [3.05, 3.63) is 84.3 Å². The van der Waals surface area contributed by atoms with Gasteiger partial charge in [0, 0.05) is 44.1 Å². The lowest BCUT2D eigenvalue weighted by Gasteiger charge is -2.36. The second kappa shape index (κ2) is 9.44. The molecule has 1 aromatic heterocycles. The van der Waals surface area contributed by atoms with Crippen LogP contribution in [0.1, 0.15) is 16.1 Å². The molecule has 0 aliphatic carbocycles. The van der Waals surface area contributed by atoms with Crippen molar-refractivity contribution in [2.45, 2.75) is 6.54 Å². The maximum Gasteiger partial charge on any atom is 0.291 e. The van der Waals surface area contributed by atoms with Crippen LogP contribution < -0.4 is 10.2 Å². The third kappa shape index (κ3) is 4.94. The summed E-state index contributed by atoms with van der Waals surface area (Å²) >= 11 is 0. The Hall–Kier alpha value is -2.76. The van der Waals surface area contributed by atoms with E-state index in [0.717, 1.165) is 38.4 Å². The average Bonchev–Trinajstić information content (AvgIpc) is 3.25. The molecule has 0 atom stereocenters. The molecule has 2 aromatic carbocycles. The van der Waals surface area contributed by atoms with Crippen molar-refractivity contribution < 1.29 is 9.21 Å². The standard InChI is InChI=1S/C22H23N3O2.ClH/c26-22(21-7-4-16-27-21)23-19-8-10-20(11-9-19)25-14-12-24(13-15-25)17-18-5-2-1-3-6-18;/h1-11,16H,12-15,17H2,(H,23,26);1H. The van der Waals surface area contributed by atoms with E-state index in [4.69, 9.17) is 4.42 Å². The minimum absolute atomic E-state index is 0. The minimum Gasteiger partial charge on any atom is -0.459 e. The lowest BCUT2D eigenvalue weighted by atomic mass is 10.2. The normalized spacial score (nSPS) is 14.4. The van der Waals surface area contributed by atoms with Gasteiger partial charge in [-0.25, -0.2) is 0 Å². The molecular weight excluding hydrogens is 374 g/mol. The summed E-state index contributed by atoms with van der Waals surface area (Å²) in [5, 5.41) is 2.85. The number of nitrogens with one attached hydrogen (secondary N) is 1. The van der Waals surface area contributed by atoms with E-state index >= 15 is 0 Å². The molecule has 3 aromatic rings. The highest BCUT2D eigenvalue weighted by Crippen LogP contribution is 2.20. The van der Waals surface area contributed by atoms with E-state index in [0.29, 0.717) is 5.76 Å². The van der Waals surface area contributed by atoms with Gasteiger partial charge in [-0.1, -0.05) is 30.3 Å². The zero-order valence-electron chi connectivity index (χ0n) is 15.6. The maximum atomic E-state index is 12.0. The quantitative estimate of drug-likeness (QED) is 0.698. The lowest BCUT2D eigenvalue weighted by Crippen LogP contribution is -2.45. The molecule has 4 rings (SSSR count). The van der Waals surface area contributed by atoms with Gasteiger partial charge < -0.3 is 14.6 Å². The number of piperazine rings is 1. The number of nitrogens with zero attached hydrogens (tertiary/aromatic N) is 2. The fraction of sp³-hybridized carbons (Fsp3) is 0.227. The number of amides is 1. The fourth-order valence-electron chi connectivity index (χ4n) is 3.36. The Kier molecular flexibility index (Phi) is 6.74. The molecule has 0 bridgehead atoms. The number of halogens is 1. The summed E-state index contributed by atoms with van der Waals surface area (Å²) in [6, 6.07) is 22.0. The topological polar surface area (TPSA) is 48.7 Å². The van der Waals surface area contributed by atoms with Crippen LogP contribution >= 0.6 is 12.4 Å². The summed E-state index contributed by atoms with van der Waals surface area (Å²) in [5.74, 6) is 0.0795. The predicted molar refractivity (Wildman–Crippen MR) is 114 cm³/mol. The van der Waals surface area contributed by atoms with Crippen molar-refractivity contribution in [2.75, 3.05) is 36.4 Å². The molecule has 1 amide bonds. The Bertz CT molecular complexity index is 859. The number of furan rings is 1. The highest BCUT2D eigenvalue weighted by molar-refractivity contribution is 6.02. The Balaban J connectivity index is 0.00000225. The van der Waals surface area contributed by atoms with E-state index in [1.54, 1.807) is 12.1 Å². The average molecular weight is 398 g/mol. The van der Waals surface area contributed by atoms with Gasteiger partial charge in [-0.15, -0.1) is 12.4 Å². The van der Waals surface area contributed by atoms with Gasteiger partial charge in [0.25, 0.3) is 5.91 Å². The number of benzene rings is 2. The molecule has 0 saturated carbocycles. The van der Waals surface area contributed by atoms with Gasteiger partial charge in [0.1, 0.15) is 0 Å². The van der Waals surface area contributed by atoms with Crippen molar-refractivity contribution in [3.63, 3.8) is 0 Å². The van der Waals surface area contributed by atoms with E-state index in [9.17, 15) is 4.79 Å². The van der Waals surface area contributed by atoms with Gasteiger partial charge in [0.2, 0.25) is 0 Å². The SMILES string of the molecule is Cl.O=C(Nc1ccc(N2CCN(Cc3ccccc3)CC2)cc1)c1ccco1. The molecule has 0 radical (unpaired) electrons. The first-order chi connectivity index (χ1) is 13.3. The van der Waals surface area contributed by atoms with Gasteiger partial charge in [0.15, 0.2) is 5.76 Å². The number of hydrogen-bond donors (Lipinski definition) is 1. The summed E-state index contributed by atoms with van der Waals surface area (Å²) < 4.78 is 5.11. The summed E-state index contributed by atoms with van der Waals surface area (Å²) in [5.41, 5.74) is 3.32. The highest BCUT2D eigenvalue weighted by atomic mass is 35.5. The Labute approximate surface area is 171 Å². The number of rotatable bonds is 5. The van der Waals surface area contributed by atoms with Crippen molar-refractivity contribution in [1.82, 2.24) is 4.90 Å². The first-order valence-electron chi connectivity index (χ1n) is 9.24. The second-order valence-corrected chi connectivity index (χ2v) is 6.73. The van der Waals surface area contributed by atoms with E-state index in [-0.39, 0.29) is 18.3 Å². The molecule has 6 heteroatoms. The summed E-state index contributed by atoms with van der Waals surface area (Å²) in [7, 11) is 0. The third-order valence-corrected chi connectivity index (χ3v) is 4.86. The van der Waals surface area contributed by atoms with Crippen molar-refractivity contribution in [2.24, 2.45) is 0 Å². The number of hydrogen-bond acceptors (Lipinski definition) is 4. The van der Waals surface area contributed by atoms with E-state index in [1.165, 1.54) is 17.5 Å². The maximum absolute atomic E-state index is 12.0. The largest absolute Gasteiger partial charge is 0.459 e. The lowest BCUT2D eigenvalue weighted by molar-refractivity contribution is 0.0996. The van der Waals surface area contributed by atoms with Crippen LogP contribution in [0.2, 0.25) is 0 Å². The zero-order valence-corrected chi connectivity index (χ0v) is 16.4. The molecule has 146 valence electrons. The molecule has 1 aliphatic rings. The number of anilines is 2. The van der Waals surface area contributed by atoms with Crippen molar-refractivity contribution in [3.8, 4) is 0 Å². The van der Waals surface area contributed by atoms with Crippen LogP contribution in [0, 0.1) is 0 Å². The van der Waals surface area contributed by atoms with Crippen molar-refractivity contribution >= 4 is 29.7 Å². The van der Waals surface area contributed by atoms with Crippen LogP contribution in [0.15, 0.2) is 77.4 Å². The van der Waals surface area contributed by atoms with E-state index in [1.807, 2.05) is 12.1 Å². The van der Waals surface area contributed by atoms with Crippen LogP contribution in [-0.4, -0.2) is 37.0 Å². The van der Waals surface area contributed by atoms with Gasteiger partial charge in [-0.3, -0.25) is 9.69 Å². The highest BCUT2D eigenvalue weighted by Gasteiger charge is 2.17.